The third-order valence-electron chi connectivity index (χ3n) is 4.19. The Balaban J connectivity index is 2.29. The minimum absolute atomic E-state index is 0.0420. The Morgan fingerprint density at radius 2 is 1.72 bits per heavy atom. The lowest BCUT2D eigenvalue weighted by Crippen LogP contribution is -2.27. The van der Waals surface area contributed by atoms with Crippen LogP contribution in [-0.4, -0.2) is 30.2 Å². The average molecular weight is 356 g/mol. The number of hydrogen-bond donors (Lipinski definition) is 0. The standard InChI is InChI=1S/C19H20N2O3S/c1-13-8-9-14(2)17(12-13)18-15-6-4-5-7-16(15)19(22)21(20-18)10-11-25(3,23)24/h4-9,12H,10-11H2,1-3H3. The molecule has 0 aliphatic carbocycles. The molecular formula is C19H20N2O3S. The first-order chi connectivity index (χ1) is 11.8. The summed E-state index contributed by atoms with van der Waals surface area (Å²) in [5.74, 6) is -0.121. The van der Waals surface area contributed by atoms with Crippen LogP contribution >= 0.6 is 0 Å². The van der Waals surface area contributed by atoms with Crippen molar-refractivity contribution < 1.29 is 8.42 Å². The van der Waals surface area contributed by atoms with Crippen LogP contribution in [0.15, 0.2) is 47.3 Å². The van der Waals surface area contributed by atoms with Gasteiger partial charge in [0.05, 0.1) is 23.4 Å². The van der Waals surface area contributed by atoms with E-state index in [1.165, 1.54) is 4.68 Å². The zero-order valence-electron chi connectivity index (χ0n) is 14.5. The Hall–Kier alpha value is -2.47. The quantitative estimate of drug-likeness (QED) is 0.721. The lowest BCUT2D eigenvalue weighted by Gasteiger charge is -2.13. The van der Waals surface area contributed by atoms with Gasteiger partial charge in [-0.1, -0.05) is 35.9 Å². The van der Waals surface area contributed by atoms with Gasteiger partial charge in [-0.05, 0) is 31.5 Å². The van der Waals surface area contributed by atoms with Crippen molar-refractivity contribution in [3.63, 3.8) is 0 Å². The monoisotopic (exact) mass is 356 g/mol. The maximum Gasteiger partial charge on any atom is 0.274 e. The number of nitrogens with zero attached hydrogens (tertiary/aromatic N) is 2. The van der Waals surface area contributed by atoms with Crippen LogP contribution in [0.2, 0.25) is 0 Å². The van der Waals surface area contributed by atoms with Crippen LogP contribution in [0.5, 0.6) is 0 Å². The predicted molar refractivity (Wildman–Crippen MR) is 101 cm³/mol. The maximum absolute atomic E-state index is 12.7. The van der Waals surface area contributed by atoms with Gasteiger partial charge in [-0.3, -0.25) is 4.79 Å². The normalized spacial score (nSPS) is 11.8. The van der Waals surface area contributed by atoms with Gasteiger partial charge >= 0.3 is 0 Å². The highest BCUT2D eigenvalue weighted by Gasteiger charge is 2.15. The smallest absolute Gasteiger partial charge is 0.267 e. The van der Waals surface area contributed by atoms with Gasteiger partial charge in [0, 0.05) is 17.2 Å². The molecule has 5 nitrogen and oxygen atoms in total. The van der Waals surface area contributed by atoms with Gasteiger partial charge in [-0.15, -0.1) is 0 Å². The summed E-state index contributed by atoms with van der Waals surface area (Å²) in [7, 11) is -3.18. The minimum atomic E-state index is -3.18. The van der Waals surface area contributed by atoms with Crippen LogP contribution in [0.3, 0.4) is 0 Å². The summed E-state index contributed by atoms with van der Waals surface area (Å²) < 4.78 is 24.2. The molecule has 0 fully saturated rings. The lowest BCUT2D eigenvalue weighted by atomic mass is 9.99. The number of aryl methyl sites for hydroxylation is 3. The number of hydrogen-bond acceptors (Lipinski definition) is 4. The molecule has 3 rings (SSSR count). The van der Waals surface area contributed by atoms with Crippen LogP contribution in [-0.2, 0) is 16.4 Å². The van der Waals surface area contributed by atoms with E-state index in [9.17, 15) is 13.2 Å². The zero-order valence-corrected chi connectivity index (χ0v) is 15.3. The van der Waals surface area contributed by atoms with Gasteiger partial charge in [0.1, 0.15) is 9.84 Å². The van der Waals surface area contributed by atoms with Crippen LogP contribution in [0.25, 0.3) is 22.0 Å². The fraction of sp³-hybridized carbons (Fsp3) is 0.263. The number of rotatable bonds is 4. The fourth-order valence-corrected chi connectivity index (χ4v) is 3.33. The van der Waals surface area contributed by atoms with Crippen molar-refractivity contribution in [3.8, 4) is 11.3 Å². The van der Waals surface area contributed by atoms with E-state index in [4.69, 9.17) is 0 Å². The molecule has 25 heavy (non-hydrogen) atoms. The highest BCUT2D eigenvalue weighted by molar-refractivity contribution is 7.90. The first-order valence-electron chi connectivity index (χ1n) is 8.01. The summed E-state index contributed by atoms with van der Waals surface area (Å²) in [5, 5.41) is 5.83. The molecule has 1 heterocycles. The van der Waals surface area contributed by atoms with Gasteiger partial charge < -0.3 is 0 Å². The van der Waals surface area contributed by atoms with Gasteiger partial charge in [0.25, 0.3) is 5.56 Å². The molecule has 0 radical (unpaired) electrons. The summed E-state index contributed by atoms with van der Waals surface area (Å²) in [6.45, 7) is 4.04. The highest BCUT2D eigenvalue weighted by Crippen LogP contribution is 2.28. The Labute approximate surface area is 146 Å². The molecule has 0 spiro atoms. The Morgan fingerprint density at radius 1 is 1.04 bits per heavy atom. The molecule has 2 aromatic carbocycles. The average Bonchev–Trinajstić information content (AvgIpc) is 2.56. The van der Waals surface area contributed by atoms with E-state index < -0.39 is 9.84 Å². The van der Waals surface area contributed by atoms with Crippen LogP contribution in [0.1, 0.15) is 11.1 Å². The second kappa shape index (κ2) is 6.44. The van der Waals surface area contributed by atoms with Crippen molar-refractivity contribution in [2.45, 2.75) is 20.4 Å². The van der Waals surface area contributed by atoms with Gasteiger partial charge in [0.2, 0.25) is 0 Å². The van der Waals surface area contributed by atoms with Gasteiger partial charge in [-0.2, -0.15) is 5.10 Å². The molecule has 0 amide bonds. The number of fused-ring (bicyclic) bond motifs is 1. The van der Waals surface area contributed by atoms with Gasteiger partial charge in [0.15, 0.2) is 0 Å². The van der Waals surface area contributed by atoms with E-state index in [2.05, 4.69) is 5.10 Å². The van der Waals surface area contributed by atoms with E-state index in [1.807, 2.05) is 44.2 Å². The molecule has 0 aliphatic heterocycles. The summed E-state index contributed by atoms with van der Waals surface area (Å²) in [6, 6.07) is 13.4. The topological polar surface area (TPSA) is 69.0 Å². The Morgan fingerprint density at radius 3 is 2.40 bits per heavy atom. The summed E-state index contributed by atoms with van der Waals surface area (Å²) in [6.07, 6.45) is 1.16. The van der Waals surface area contributed by atoms with Crippen molar-refractivity contribution in [1.82, 2.24) is 9.78 Å². The number of sulfone groups is 1. The second-order valence-corrected chi connectivity index (χ2v) is 8.63. The van der Waals surface area contributed by atoms with E-state index in [0.717, 1.165) is 28.3 Å². The van der Waals surface area contributed by atoms with Crippen LogP contribution in [0, 0.1) is 13.8 Å². The predicted octanol–water partition coefficient (Wildman–Crippen LogP) is 2.72. The van der Waals surface area contributed by atoms with Crippen LogP contribution in [0.4, 0.5) is 0 Å². The SMILES string of the molecule is Cc1ccc(C)c(-c2nn(CCS(C)(=O)=O)c(=O)c3ccccc23)c1. The molecular weight excluding hydrogens is 336 g/mol. The zero-order chi connectivity index (χ0) is 18.2. The van der Waals surface area contributed by atoms with Crippen molar-refractivity contribution in [2.24, 2.45) is 0 Å². The van der Waals surface area contributed by atoms with Gasteiger partial charge in [-0.25, -0.2) is 13.1 Å². The summed E-state index contributed by atoms with van der Waals surface area (Å²) in [5.41, 5.74) is 3.53. The van der Waals surface area contributed by atoms with Crippen LogP contribution < -0.4 is 5.56 Å². The minimum Gasteiger partial charge on any atom is -0.267 e. The van der Waals surface area contributed by atoms with E-state index in [0.29, 0.717) is 11.1 Å². The molecule has 0 atom stereocenters. The van der Waals surface area contributed by atoms with Crippen molar-refractivity contribution in [3.05, 3.63) is 63.9 Å². The first kappa shape index (κ1) is 17.4. The Kier molecular flexibility index (Phi) is 4.47. The van der Waals surface area contributed by atoms with E-state index in [-0.39, 0.29) is 17.9 Å². The van der Waals surface area contributed by atoms with Crippen molar-refractivity contribution in [1.29, 1.82) is 0 Å². The molecule has 130 valence electrons. The van der Waals surface area contributed by atoms with E-state index in [1.54, 1.807) is 12.1 Å². The molecule has 0 bridgehead atoms. The molecule has 1 aromatic heterocycles. The van der Waals surface area contributed by atoms with Crippen molar-refractivity contribution in [2.75, 3.05) is 12.0 Å². The maximum atomic E-state index is 12.7. The second-order valence-electron chi connectivity index (χ2n) is 6.37. The van der Waals surface area contributed by atoms with E-state index >= 15 is 0 Å². The summed E-state index contributed by atoms with van der Waals surface area (Å²) >= 11 is 0. The number of benzene rings is 2. The molecule has 3 aromatic rings. The van der Waals surface area contributed by atoms with Crippen molar-refractivity contribution >= 4 is 20.6 Å². The fourth-order valence-electron chi connectivity index (χ4n) is 2.83. The molecule has 0 aliphatic rings. The molecule has 0 N–H and O–H groups in total. The lowest BCUT2D eigenvalue weighted by molar-refractivity contribution is 0.579. The third kappa shape index (κ3) is 3.64. The number of aromatic nitrogens is 2. The Bertz CT molecular complexity index is 1120. The molecule has 0 saturated heterocycles. The molecule has 6 heteroatoms. The molecule has 0 unspecified atom stereocenters. The largest absolute Gasteiger partial charge is 0.274 e. The first-order valence-corrected chi connectivity index (χ1v) is 10.1. The highest BCUT2D eigenvalue weighted by atomic mass is 32.2. The summed E-state index contributed by atoms with van der Waals surface area (Å²) in [4.78, 5) is 12.7. The third-order valence-corrected chi connectivity index (χ3v) is 5.11. The molecule has 0 saturated carbocycles.